The van der Waals surface area contributed by atoms with Gasteiger partial charge in [-0.2, -0.15) is 0 Å². The van der Waals surface area contributed by atoms with E-state index >= 15 is 0 Å². The smallest absolute Gasteiger partial charge is 0.234 e. The van der Waals surface area contributed by atoms with Crippen LogP contribution in [0.2, 0.25) is 0 Å². The highest BCUT2D eigenvalue weighted by molar-refractivity contribution is 14.0. The van der Waals surface area contributed by atoms with E-state index in [1.807, 2.05) is 7.05 Å². The van der Waals surface area contributed by atoms with Gasteiger partial charge in [0.1, 0.15) is 0 Å². The van der Waals surface area contributed by atoms with E-state index in [4.69, 9.17) is 0 Å². The molecule has 1 unspecified atom stereocenters. The molecule has 1 atom stereocenters. The van der Waals surface area contributed by atoms with Gasteiger partial charge in [0.2, 0.25) is 5.91 Å². The maximum absolute atomic E-state index is 12.0. The van der Waals surface area contributed by atoms with E-state index in [2.05, 4.69) is 74.6 Å². The zero-order valence-electron chi connectivity index (χ0n) is 18.5. The summed E-state index contributed by atoms with van der Waals surface area (Å²) in [6.45, 7) is 8.10. The number of aliphatic imine (C=N–C) groups is 1. The van der Waals surface area contributed by atoms with Crippen molar-refractivity contribution in [1.82, 2.24) is 25.3 Å². The number of benzene rings is 1. The fraction of sp³-hybridized carbons (Fsp3) is 0.636. The summed E-state index contributed by atoms with van der Waals surface area (Å²) in [4.78, 5) is 23.4. The Morgan fingerprint density at radius 1 is 1.20 bits per heavy atom. The zero-order valence-corrected chi connectivity index (χ0v) is 20.8. The first-order chi connectivity index (χ1) is 14.0. The molecule has 1 saturated carbocycles. The molecule has 168 valence electrons. The van der Waals surface area contributed by atoms with E-state index in [1.54, 1.807) is 0 Å². The van der Waals surface area contributed by atoms with E-state index in [-0.39, 0.29) is 29.9 Å². The van der Waals surface area contributed by atoms with E-state index in [0.717, 1.165) is 58.1 Å². The van der Waals surface area contributed by atoms with Crippen LogP contribution in [0.15, 0.2) is 35.3 Å². The predicted molar refractivity (Wildman–Crippen MR) is 133 cm³/mol. The molecular weight excluding hydrogens is 491 g/mol. The number of nitrogens with zero attached hydrogens (tertiary/aromatic N) is 4. The second kappa shape index (κ2) is 12.5. The average molecular weight is 528 g/mol. The second-order valence-electron chi connectivity index (χ2n) is 8.28. The van der Waals surface area contributed by atoms with Gasteiger partial charge >= 0.3 is 0 Å². The largest absolute Gasteiger partial charge is 0.355 e. The molecule has 8 heteroatoms. The lowest BCUT2D eigenvalue weighted by Crippen LogP contribution is -2.55. The molecule has 30 heavy (non-hydrogen) atoms. The van der Waals surface area contributed by atoms with E-state index in [9.17, 15) is 4.79 Å². The Balaban J connectivity index is 0.00000320. The first-order valence-corrected chi connectivity index (χ1v) is 10.8. The molecule has 3 rings (SSSR count). The average Bonchev–Trinajstić information content (AvgIpc) is 3.54. The minimum Gasteiger partial charge on any atom is -0.355 e. The molecule has 1 amide bonds. The molecule has 2 fully saturated rings. The van der Waals surface area contributed by atoms with Crippen LogP contribution in [0.4, 0.5) is 0 Å². The molecule has 0 radical (unpaired) electrons. The van der Waals surface area contributed by atoms with Gasteiger partial charge in [-0.3, -0.25) is 19.6 Å². The van der Waals surface area contributed by atoms with E-state index in [0.29, 0.717) is 18.6 Å². The highest BCUT2D eigenvalue weighted by Gasteiger charge is 2.26. The first kappa shape index (κ1) is 24.9. The highest BCUT2D eigenvalue weighted by Crippen LogP contribution is 2.18. The standard InChI is InChI=1S/C22H36N6O.HI/c1-18(26(3)16-19-7-5-4-6-8-19)15-24-22(23-2)28-13-11-27(12-14-28)17-21(29)25-20-9-10-20;/h4-8,18,20H,9-17H2,1-3H3,(H,23,24)(H,25,29);1H. The molecule has 2 N–H and O–H groups in total. The zero-order chi connectivity index (χ0) is 20.6. The van der Waals surface area contributed by atoms with Crippen LogP contribution in [0.25, 0.3) is 0 Å². The monoisotopic (exact) mass is 528 g/mol. The van der Waals surface area contributed by atoms with Crippen LogP contribution in [0.1, 0.15) is 25.3 Å². The van der Waals surface area contributed by atoms with Crippen molar-refractivity contribution in [3.05, 3.63) is 35.9 Å². The fourth-order valence-corrected chi connectivity index (χ4v) is 3.58. The Morgan fingerprint density at radius 3 is 2.47 bits per heavy atom. The van der Waals surface area contributed by atoms with Gasteiger partial charge < -0.3 is 15.5 Å². The molecule has 1 aliphatic carbocycles. The molecule has 1 aliphatic heterocycles. The van der Waals surface area contributed by atoms with Crippen LogP contribution in [0.5, 0.6) is 0 Å². The summed E-state index contributed by atoms with van der Waals surface area (Å²) in [6, 6.07) is 11.4. The Hall–Kier alpha value is -1.39. The number of amides is 1. The quantitative estimate of drug-likeness (QED) is 0.305. The minimum absolute atomic E-state index is 0. The maximum atomic E-state index is 12.0. The summed E-state index contributed by atoms with van der Waals surface area (Å²) >= 11 is 0. The Bertz CT molecular complexity index is 673. The van der Waals surface area contributed by atoms with Gasteiger partial charge in [-0.15, -0.1) is 24.0 Å². The van der Waals surface area contributed by atoms with Crippen molar-refractivity contribution in [3.63, 3.8) is 0 Å². The normalized spacial score (nSPS) is 18.7. The van der Waals surface area contributed by atoms with Crippen molar-refractivity contribution < 1.29 is 4.79 Å². The lowest BCUT2D eigenvalue weighted by atomic mass is 10.2. The van der Waals surface area contributed by atoms with Crippen molar-refractivity contribution in [2.24, 2.45) is 4.99 Å². The molecule has 1 heterocycles. The third-order valence-corrected chi connectivity index (χ3v) is 5.78. The van der Waals surface area contributed by atoms with E-state index < -0.39 is 0 Å². The third kappa shape index (κ3) is 8.03. The predicted octanol–water partition coefficient (Wildman–Crippen LogP) is 1.60. The van der Waals surface area contributed by atoms with Crippen LogP contribution in [0, 0.1) is 0 Å². The Kier molecular flexibility index (Phi) is 10.3. The highest BCUT2D eigenvalue weighted by atomic mass is 127. The molecule has 0 aromatic heterocycles. The SMILES string of the molecule is CN=C(NCC(C)N(C)Cc1ccccc1)N1CCN(CC(=O)NC2CC2)CC1.I. The van der Waals surface area contributed by atoms with Crippen LogP contribution in [0.3, 0.4) is 0 Å². The summed E-state index contributed by atoms with van der Waals surface area (Å²) in [5.41, 5.74) is 1.33. The van der Waals surface area contributed by atoms with Gasteiger partial charge in [0.15, 0.2) is 5.96 Å². The summed E-state index contributed by atoms with van der Waals surface area (Å²) < 4.78 is 0. The second-order valence-corrected chi connectivity index (χ2v) is 8.28. The van der Waals surface area contributed by atoms with Crippen LogP contribution in [-0.2, 0) is 11.3 Å². The molecular formula is C22H37IN6O. The molecule has 2 aliphatic rings. The number of hydrogen-bond donors (Lipinski definition) is 2. The number of carbonyl (C=O) groups excluding carboxylic acids is 1. The third-order valence-electron chi connectivity index (χ3n) is 5.78. The number of rotatable bonds is 8. The Labute approximate surface area is 198 Å². The number of likely N-dealkylation sites (N-methyl/N-ethyl adjacent to an activating group) is 1. The Morgan fingerprint density at radius 2 is 1.87 bits per heavy atom. The summed E-state index contributed by atoms with van der Waals surface area (Å²) in [5, 5.41) is 6.60. The number of carbonyl (C=O) groups is 1. The number of nitrogens with one attached hydrogen (secondary N) is 2. The van der Waals surface area contributed by atoms with Crippen molar-refractivity contribution in [1.29, 1.82) is 0 Å². The van der Waals surface area contributed by atoms with Gasteiger partial charge in [0, 0.05) is 58.4 Å². The summed E-state index contributed by atoms with van der Waals surface area (Å²) in [7, 11) is 4.00. The van der Waals surface area contributed by atoms with Gasteiger partial charge in [-0.05, 0) is 32.4 Å². The topological polar surface area (TPSA) is 63.2 Å². The van der Waals surface area contributed by atoms with Gasteiger partial charge in [0.25, 0.3) is 0 Å². The van der Waals surface area contributed by atoms with Crippen molar-refractivity contribution in [2.75, 3.05) is 53.4 Å². The number of hydrogen-bond acceptors (Lipinski definition) is 4. The van der Waals surface area contributed by atoms with Crippen LogP contribution in [-0.4, -0.2) is 92.0 Å². The van der Waals surface area contributed by atoms with Gasteiger partial charge in [-0.25, -0.2) is 0 Å². The number of guanidine groups is 1. The van der Waals surface area contributed by atoms with Crippen LogP contribution < -0.4 is 10.6 Å². The van der Waals surface area contributed by atoms with Crippen LogP contribution >= 0.6 is 24.0 Å². The maximum Gasteiger partial charge on any atom is 0.234 e. The van der Waals surface area contributed by atoms with Crippen molar-refractivity contribution in [2.45, 2.75) is 38.4 Å². The van der Waals surface area contributed by atoms with Crippen molar-refractivity contribution in [3.8, 4) is 0 Å². The first-order valence-electron chi connectivity index (χ1n) is 10.8. The number of piperazine rings is 1. The lowest BCUT2D eigenvalue weighted by molar-refractivity contribution is -0.122. The molecule has 1 aromatic carbocycles. The molecule has 7 nitrogen and oxygen atoms in total. The molecule has 0 bridgehead atoms. The van der Waals surface area contributed by atoms with Gasteiger partial charge in [-0.1, -0.05) is 30.3 Å². The fourth-order valence-electron chi connectivity index (χ4n) is 3.58. The minimum atomic E-state index is 0. The number of halogens is 1. The summed E-state index contributed by atoms with van der Waals surface area (Å²) in [5.74, 6) is 1.12. The lowest BCUT2D eigenvalue weighted by Gasteiger charge is -2.36. The molecule has 0 spiro atoms. The molecule has 1 saturated heterocycles. The van der Waals surface area contributed by atoms with E-state index in [1.165, 1.54) is 5.56 Å². The van der Waals surface area contributed by atoms with Crippen molar-refractivity contribution >= 4 is 35.8 Å². The van der Waals surface area contributed by atoms with Gasteiger partial charge in [0.05, 0.1) is 6.54 Å². The molecule has 1 aromatic rings. The summed E-state index contributed by atoms with van der Waals surface area (Å²) in [6.07, 6.45) is 2.28.